The number of imidazole rings is 1. The Morgan fingerprint density at radius 2 is 1.63 bits per heavy atom. The highest BCUT2D eigenvalue weighted by Gasteiger charge is 2.50. The van der Waals surface area contributed by atoms with E-state index in [-0.39, 0.29) is 22.4 Å². The number of aromatic nitrogens is 3. The van der Waals surface area contributed by atoms with E-state index in [1.165, 1.54) is 44.2 Å². The van der Waals surface area contributed by atoms with Crippen molar-refractivity contribution >= 4 is 36.2 Å². The molecular weight excluding hydrogens is 662 g/mol. The summed E-state index contributed by atoms with van der Waals surface area (Å²) in [6.07, 6.45) is 2.99. The first-order chi connectivity index (χ1) is 24.3. The van der Waals surface area contributed by atoms with Gasteiger partial charge in [0.05, 0.1) is 18.5 Å². The zero-order valence-electron chi connectivity index (χ0n) is 30.3. The van der Waals surface area contributed by atoms with Gasteiger partial charge in [-0.05, 0) is 85.9 Å². The van der Waals surface area contributed by atoms with Gasteiger partial charge >= 0.3 is 6.09 Å². The molecule has 0 radical (unpaired) electrons. The monoisotopic (exact) mass is 709 g/mol. The van der Waals surface area contributed by atoms with Crippen LogP contribution in [0.3, 0.4) is 0 Å². The van der Waals surface area contributed by atoms with Gasteiger partial charge in [0.25, 0.3) is 8.32 Å². The summed E-state index contributed by atoms with van der Waals surface area (Å²) >= 11 is 0. The molecule has 0 aliphatic carbocycles. The number of carbonyl (C=O) groups is 1. The Balaban J connectivity index is 1.27. The number of likely N-dealkylation sites (tertiary alicyclic amines) is 1. The average Bonchev–Trinajstić information content (AvgIpc) is 3.72. The molecule has 0 bridgehead atoms. The van der Waals surface area contributed by atoms with Crippen molar-refractivity contribution in [3.05, 3.63) is 103 Å². The lowest BCUT2D eigenvalue weighted by Crippen LogP contribution is -2.67. The third kappa shape index (κ3) is 7.70. The standard InChI is InChI=1S/C40H48FN5O4Si/c1-39(2,3)50-38(48)45(37-22-21-36-42-27-35(46(36)43-37)33-26-30(47)19-20-34(33)41)25-24-44-23-13-14-29(44)28-49-51(40(4,5)6,31-15-9-7-10-16-31)32-17-11-8-12-18-32/h7-12,15-22,26-27,29,47H,13-14,23-25,28H2,1-6H3/t29-/m0/s1. The van der Waals surface area contributed by atoms with Crippen molar-refractivity contribution in [1.82, 2.24) is 19.5 Å². The van der Waals surface area contributed by atoms with Crippen molar-refractivity contribution in [2.24, 2.45) is 0 Å². The molecule has 0 unspecified atom stereocenters. The number of benzene rings is 3. The highest BCUT2D eigenvalue weighted by molar-refractivity contribution is 6.99. The van der Waals surface area contributed by atoms with E-state index in [2.05, 4.69) is 91.3 Å². The van der Waals surface area contributed by atoms with Crippen LogP contribution in [0.25, 0.3) is 16.9 Å². The second-order valence-electron chi connectivity index (χ2n) is 15.2. The molecule has 1 aliphatic rings. The molecule has 6 rings (SSSR count). The van der Waals surface area contributed by atoms with Crippen molar-refractivity contribution in [3.63, 3.8) is 0 Å². The fourth-order valence-corrected chi connectivity index (χ4v) is 11.7. The maximum atomic E-state index is 14.9. The molecule has 0 saturated carbocycles. The number of hydrogen-bond acceptors (Lipinski definition) is 7. The van der Waals surface area contributed by atoms with Crippen molar-refractivity contribution in [2.45, 2.75) is 71.1 Å². The van der Waals surface area contributed by atoms with Crippen LogP contribution in [0.1, 0.15) is 54.4 Å². The zero-order chi connectivity index (χ0) is 36.4. The SMILES string of the molecule is CC(C)(C)OC(=O)N(CCN1CCC[C@H]1CO[Si](c1ccccc1)(c1ccccc1)C(C)(C)C)c1ccc2ncc(-c3cc(O)ccc3F)n2n1. The number of amides is 1. The molecular formula is C40H48FN5O4Si. The van der Waals surface area contributed by atoms with Crippen molar-refractivity contribution in [3.8, 4) is 17.0 Å². The summed E-state index contributed by atoms with van der Waals surface area (Å²) in [5.74, 6) is -0.256. The normalized spacial score (nSPS) is 15.7. The minimum atomic E-state index is -2.72. The number of nitrogens with zero attached hydrogens (tertiary/aromatic N) is 5. The maximum Gasteiger partial charge on any atom is 0.416 e. The lowest BCUT2D eigenvalue weighted by Gasteiger charge is -2.44. The van der Waals surface area contributed by atoms with Gasteiger partial charge in [0.1, 0.15) is 17.2 Å². The van der Waals surface area contributed by atoms with Crippen LogP contribution in [-0.4, -0.2) is 76.9 Å². The van der Waals surface area contributed by atoms with Crippen LogP contribution in [0.15, 0.2) is 97.2 Å². The van der Waals surface area contributed by atoms with E-state index in [4.69, 9.17) is 14.3 Å². The average molecular weight is 710 g/mol. The van der Waals surface area contributed by atoms with Gasteiger partial charge in [-0.1, -0.05) is 81.4 Å². The molecule has 1 saturated heterocycles. The quantitative estimate of drug-likeness (QED) is 0.156. The van der Waals surface area contributed by atoms with Crippen molar-refractivity contribution in [1.29, 1.82) is 0 Å². The number of halogens is 1. The van der Waals surface area contributed by atoms with E-state index in [0.717, 1.165) is 19.4 Å². The Morgan fingerprint density at radius 1 is 0.961 bits per heavy atom. The zero-order valence-corrected chi connectivity index (χ0v) is 31.3. The molecule has 51 heavy (non-hydrogen) atoms. The number of rotatable bonds is 10. The molecule has 1 atom stereocenters. The van der Waals surface area contributed by atoms with E-state index >= 15 is 0 Å². The Kier molecular flexibility index (Phi) is 10.3. The second-order valence-corrected chi connectivity index (χ2v) is 19.5. The van der Waals surface area contributed by atoms with Crippen molar-refractivity contribution in [2.75, 3.05) is 31.1 Å². The topological polar surface area (TPSA) is 92.4 Å². The maximum absolute atomic E-state index is 14.9. The summed E-state index contributed by atoms with van der Waals surface area (Å²) in [4.78, 5) is 22.1. The van der Waals surface area contributed by atoms with Crippen LogP contribution < -0.4 is 15.3 Å². The first-order valence-corrected chi connectivity index (χ1v) is 19.5. The number of aromatic hydroxyl groups is 1. The Morgan fingerprint density at radius 3 is 2.25 bits per heavy atom. The highest BCUT2D eigenvalue weighted by atomic mass is 28.4. The summed E-state index contributed by atoms with van der Waals surface area (Å²) in [5.41, 5.74) is 0.242. The van der Waals surface area contributed by atoms with Gasteiger partial charge in [0.15, 0.2) is 11.5 Å². The van der Waals surface area contributed by atoms with E-state index in [1.807, 2.05) is 20.8 Å². The van der Waals surface area contributed by atoms with Gasteiger partial charge < -0.3 is 14.3 Å². The lowest BCUT2D eigenvalue weighted by molar-refractivity contribution is 0.0572. The molecule has 1 aliphatic heterocycles. The van der Waals surface area contributed by atoms with Crippen molar-refractivity contribution < 1.29 is 23.5 Å². The number of fused-ring (bicyclic) bond motifs is 1. The first-order valence-electron chi connectivity index (χ1n) is 17.6. The largest absolute Gasteiger partial charge is 0.508 e. The van der Waals surface area contributed by atoms with Crippen LogP contribution in [0.4, 0.5) is 15.0 Å². The van der Waals surface area contributed by atoms with E-state index in [0.29, 0.717) is 36.9 Å². The predicted octanol–water partition coefficient (Wildman–Crippen LogP) is 7.02. The molecule has 5 aromatic rings. The number of carbonyl (C=O) groups excluding carboxylic acids is 1. The molecule has 9 nitrogen and oxygen atoms in total. The van der Waals surface area contributed by atoms with Gasteiger partial charge in [0.2, 0.25) is 0 Å². The molecule has 268 valence electrons. The fourth-order valence-electron chi connectivity index (χ4n) is 7.11. The number of phenolic OH excluding ortho intramolecular Hbond substituents is 1. The number of hydrogen-bond donors (Lipinski definition) is 1. The fraction of sp³-hybridized carbons (Fsp3) is 0.375. The molecule has 2 aromatic heterocycles. The summed E-state index contributed by atoms with van der Waals surface area (Å²) in [6, 6.07) is 28.8. The number of ether oxygens (including phenoxy) is 1. The van der Waals surface area contributed by atoms with Crippen LogP contribution >= 0.6 is 0 Å². The number of anilines is 1. The molecule has 0 spiro atoms. The van der Waals surface area contributed by atoms with E-state index < -0.39 is 25.8 Å². The van der Waals surface area contributed by atoms with E-state index in [9.17, 15) is 14.3 Å². The first kappa shape index (κ1) is 36.2. The Hall–Kier alpha value is -4.58. The second kappa shape index (κ2) is 14.6. The Labute approximate surface area is 300 Å². The van der Waals surface area contributed by atoms with Gasteiger partial charge in [-0.3, -0.25) is 9.80 Å². The molecule has 1 amide bonds. The molecule has 11 heteroatoms. The smallest absolute Gasteiger partial charge is 0.416 e. The summed E-state index contributed by atoms with van der Waals surface area (Å²) in [7, 11) is -2.72. The molecule has 1 fully saturated rings. The molecule has 3 heterocycles. The van der Waals surface area contributed by atoms with Gasteiger partial charge in [0, 0.05) is 24.7 Å². The van der Waals surface area contributed by atoms with Gasteiger partial charge in [-0.15, -0.1) is 5.10 Å². The summed E-state index contributed by atoms with van der Waals surface area (Å²) < 4.78 is 29.5. The summed E-state index contributed by atoms with van der Waals surface area (Å²) in [6.45, 7) is 14.7. The van der Waals surface area contributed by atoms with Crippen LogP contribution in [0.2, 0.25) is 5.04 Å². The molecule has 3 aromatic carbocycles. The number of phenols is 1. The van der Waals surface area contributed by atoms with Crippen LogP contribution in [0.5, 0.6) is 5.75 Å². The minimum Gasteiger partial charge on any atom is -0.508 e. The summed E-state index contributed by atoms with van der Waals surface area (Å²) in [5, 5.41) is 17.2. The van der Waals surface area contributed by atoms with Gasteiger partial charge in [-0.2, -0.15) is 0 Å². The third-order valence-corrected chi connectivity index (χ3v) is 14.5. The minimum absolute atomic E-state index is 0.0769. The van der Waals surface area contributed by atoms with Crippen LogP contribution in [0, 0.1) is 5.82 Å². The van der Waals surface area contributed by atoms with Gasteiger partial charge in [-0.25, -0.2) is 18.7 Å². The third-order valence-electron chi connectivity index (χ3n) is 9.48. The molecule has 1 N–H and O–H groups in total. The van der Waals surface area contributed by atoms with E-state index in [1.54, 1.807) is 12.1 Å². The van der Waals surface area contributed by atoms with Crippen LogP contribution in [-0.2, 0) is 9.16 Å². The Bertz CT molecular complexity index is 1920. The highest BCUT2D eigenvalue weighted by Crippen LogP contribution is 2.37. The predicted molar refractivity (Wildman–Crippen MR) is 202 cm³/mol. The lowest BCUT2D eigenvalue weighted by atomic mass is 10.1.